The highest BCUT2D eigenvalue weighted by Gasteiger charge is 2.15. The van der Waals surface area contributed by atoms with Gasteiger partial charge in [0.2, 0.25) is 0 Å². The number of pyridine rings is 1. The van der Waals surface area contributed by atoms with Crippen molar-refractivity contribution in [1.29, 1.82) is 0 Å². The molecule has 2 aliphatic heterocycles. The molecule has 0 radical (unpaired) electrons. The van der Waals surface area contributed by atoms with E-state index in [9.17, 15) is 0 Å². The van der Waals surface area contributed by atoms with Gasteiger partial charge in [-0.15, -0.1) is 0 Å². The van der Waals surface area contributed by atoms with E-state index in [2.05, 4.69) is 37.6 Å². The van der Waals surface area contributed by atoms with E-state index in [0.717, 1.165) is 76.2 Å². The van der Waals surface area contributed by atoms with Crippen LogP contribution in [-0.2, 0) is 16.0 Å². The van der Waals surface area contributed by atoms with E-state index >= 15 is 0 Å². The van der Waals surface area contributed by atoms with Crippen molar-refractivity contribution in [3.63, 3.8) is 0 Å². The van der Waals surface area contributed by atoms with Crippen LogP contribution in [0, 0.1) is 5.92 Å². The zero-order chi connectivity index (χ0) is 18.7. The fourth-order valence-electron chi connectivity index (χ4n) is 3.41. The topological polar surface area (TPSA) is 71.0 Å². The van der Waals surface area contributed by atoms with Crippen LogP contribution in [0.4, 0.5) is 5.82 Å². The van der Waals surface area contributed by atoms with E-state index in [0.29, 0.717) is 12.5 Å². The first-order chi connectivity index (χ1) is 13.3. The lowest BCUT2D eigenvalue weighted by Crippen LogP contribution is -2.37. The second-order valence-corrected chi connectivity index (χ2v) is 7.23. The molecule has 1 unspecified atom stereocenters. The van der Waals surface area contributed by atoms with Gasteiger partial charge in [0.25, 0.3) is 0 Å². The molecule has 1 aromatic heterocycles. The summed E-state index contributed by atoms with van der Waals surface area (Å²) in [5.41, 5.74) is 1.16. The van der Waals surface area contributed by atoms with Gasteiger partial charge in [-0.2, -0.15) is 0 Å². The van der Waals surface area contributed by atoms with Crippen LogP contribution in [0.1, 0.15) is 31.2 Å². The number of ether oxygens (including phenoxy) is 2. The van der Waals surface area contributed by atoms with Crippen LogP contribution in [0.15, 0.2) is 23.3 Å². The average Bonchev–Trinajstić information content (AvgIpc) is 3.41. The molecule has 1 atom stereocenters. The number of nitrogens with one attached hydrogen (secondary N) is 2. The third kappa shape index (κ3) is 6.66. The number of guanidine groups is 1. The molecular formula is C20H33N5O2. The summed E-state index contributed by atoms with van der Waals surface area (Å²) in [7, 11) is 1.79. The van der Waals surface area contributed by atoms with Gasteiger partial charge in [-0.05, 0) is 37.3 Å². The fourth-order valence-corrected chi connectivity index (χ4v) is 3.41. The quantitative estimate of drug-likeness (QED) is 0.390. The third-order valence-corrected chi connectivity index (χ3v) is 5.06. The molecule has 0 bridgehead atoms. The summed E-state index contributed by atoms with van der Waals surface area (Å²) in [6.45, 7) is 7.11. The van der Waals surface area contributed by atoms with E-state index in [1.165, 1.54) is 12.8 Å². The lowest BCUT2D eigenvalue weighted by atomic mass is 10.1. The Kier molecular flexibility index (Phi) is 8.17. The molecule has 0 amide bonds. The SMILES string of the molecule is CN=C(NCCCOCC1CCOC1)NCc1ccc(N2CCCC2)nc1. The van der Waals surface area contributed by atoms with Crippen molar-refractivity contribution in [1.82, 2.24) is 15.6 Å². The van der Waals surface area contributed by atoms with E-state index in [1.54, 1.807) is 7.05 Å². The van der Waals surface area contributed by atoms with Crippen LogP contribution in [0.3, 0.4) is 0 Å². The lowest BCUT2D eigenvalue weighted by Gasteiger charge is -2.16. The molecule has 2 aliphatic rings. The van der Waals surface area contributed by atoms with Gasteiger partial charge in [-0.1, -0.05) is 6.07 Å². The van der Waals surface area contributed by atoms with Crippen LogP contribution < -0.4 is 15.5 Å². The van der Waals surface area contributed by atoms with Gasteiger partial charge in [-0.3, -0.25) is 4.99 Å². The van der Waals surface area contributed by atoms with E-state index in [1.807, 2.05) is 6.20 Å². The average molecular weight is 376 g/mol. The molecule has 2 saturated heterocycles. The van der Waals surface area contributed by atoms with Crippen LogP contribution in [0.2, 0.25) is 0 Å². The highest BCUT2D eigenvalue weighted by Crippen LogP contribution is 2.17. The summed E-state index contributed by atoms with van der Waals surface area (Å²) in [6.07, 6.45) is 6.58. The van der Waals surface area contributed by atoms with Crippen LogP contribution in [0.5, 0.6) is 0 Å². The van der Waals surface area contributed by atoms with Crippen molar-refractivity contribution in [2.75, 3.05) is 58.0 Å². The van der Waals surface area contributed by atoms with Crippen molar-refractivity contribution in [3.05, 3.63) is 23.9 Å². The standard InChI is InChI=1S/C20H33N5O2/c1-21-20(22-8-4-11-26-15-18-7-12-27-16-18)24-14-17-5-6-19(23-13-17)25-9-2-3-10-25/h5-6,13,18H,2-4,7-12,14-16H2,1H3,(H2,21,22,24). The Morgan fingerprint density at radius 3 is 2.93 bits per heavy atom. The highest BCUT2D eigenvalue weighted by molar-refractivity contribution is 5.79. The Balaban J connectivity index is 1.28. The van der Waals surface area contributed by atoms with Crippen molar-refractivity contribution >= 4 is 11.8 Å². The molecule has 3 heterocycles. The van der Waals surface area contributed by atoms with Crippen LogP contribution >= 0.6 is 0 Å². The minimum absolute atomic E-state index is 0.581. The Morgan fingerprint density at radius 2 is 2.22 bits per heavy atom. The van der Waals surface area contributed by atoms with Gasteiger partial charge in [0.1, 0.15) is 5.82 Å². The Hall–Kier alpha value is -1.86. The molecule has 0 aromatic carbocycles. The molecule has 27 heavy (non-hydrogen) atoms. The third-order valence-electron chi connectivity index (χ3n) is 5.06. The lowest BCUT2D eigenvalue weighted by molar-refractivity contribution is 0.0888. The van der Waals surface area contributed by atoms with Crippen molar-refractivity contribution in [3.8, 4) is 0 Å². The van der Waals surface area contributed by atoms with Gasteiger partial charge >= 0.3 is 0 Å². The molecule has 7 nitrogen and oxygen atoms in total. The highest BCUT2D eigenvalue weighted by atomic mass is 16.5. The molecule has 0 saturated carbocycles. The molecular weight excluding hydrogens is 342 g/mol. The monoisotopic (exact) mass is 375 g/mol. The number of rotatable bonds is 9. The van der Waals surface area contributed by atoms with Gasteiger partial charge < -0.3 is 25.0 Å². The largest absolute Gasteiger partial charge is 0.381 e. The maximum Gasteiger partial charge on any atom is 0.191 e. The predicted octanol–water partition coefficient (Wildman–Crippen LogP) is 1.79. The molecule has 0 aliphatic carbocycles. The summed E-state index contributed by atoms with van der Waals surface area (Å²) in [6, 6.07) is 4.26. The molecule has 0 spiro atoms. The van der Waals surface area contributed by atoms with Gasteiger partial charge in [0.15, 0.2) is 5.96 Å². The Labute approximate surface area is 162 Å². The predicted molar refractivity (Wildman–Crippen MR) is 108 cm³/mol. The molecule has 2 N–H and O–H groups in total. The maximum atomic E-state index is 5.72. The summed E-state index contributed by atoms with van der Waals surface area (Å²) in [4.78, 5) is 11.2. The van der Waals surface area contributed by atoms with E-state index in [4.69, 9.17) is 9.47 Å². The minimum Gasteiger partial charge on any atom is -0.381 e. The van der Waals surface area contributed by atoms with Crippen molar-refractivity contribution < 1.29 is 9.47 Å². The number of aliphatic imine (C=N–C) groups is 1. The molecule has 7 heteroatoms. The maximum absolute atomic E-state index is 5.72. The van der Waals surface area contributed by atoms with E-state index < -0.39 is 0 Å². The van der Waals surface area contributed by atoms with Gasteiger partial charge in [0, 0.05) is 58.6 Å². The Bertz CT molecular complexity index is 566. The van der Waals surface area contributed by atoms with Crippen LogP contribution in [-0.4, -0.2) is 64.1 Å². The molecule has 1 aromatic rings. The van der Waals surface area contributed by atoms with Gasteiger partial charge in [-0.25, -0.2) is 4.98 Å². The summed E-state index contributed by atoms with van der Waals surface area (Å²) < 4.78 is 11.1. The second-order valence-electron chi connectivity index (χ2n) is 7.23. The van der Waals surface area contributed by atoms with Crippen molar-refractivity contribution in [2.24, 2.45) is 10.9 Å². The zero-order valence-corrected chi connectivity index (χ0v) is 16.5. The van der Waals surface area contributed by atoms with Crippen molar-refractivity contribution in [2.45, 2.75) is 32.2 Å². The Morgan fingerprint density at radius 1 is 1.33 bits per heavy atom. The first kappa shape index (κ1) is 19.9. The minimum atomic E-state index is 0.581. The number of hydrogen-bond acceptors (Lipinski definition) is 5. The first-order valence-electron chi connectivity index (χ1n) is 10.1. The second kappa shape index (κ2) is 11.1. The van der Waals surface area contributed by atoms with Crippen LogP contribution in [0.25, 0.3) is 0 Å². The molecule has 2 fully saturated rings. The van der Waals surface area contributed by atoms with E-state index in [-0.39, 0.29) is 0 Å². The number of anilines is 1. The first-order valence-corrected chi connectivity index (χ1v) is 10.1. The number of aromatic nitrogens is 1. The summed E-state index contributed by atoms with van der Waals surface area (Å²) in [5, 5.41) is 6.67. The summed E-state index contributed by atoms with van der Waals surface area (Å²) >= 11 is 0. The summed E-state index contributed by atoms with van der Waals surface area (Å²) in [5.74, 6) is 2.48. The zero-order valence-electron chi connectivity index (χ0n) is 16.5. The molecule has 150 valence electrons. The smallest absolute Gasteiger partial charge is 0.191 e. The fraction of sp³-hybridized carbons (Fsp3) is 0.700. The normalized spacial score (nSPS) is 20.3. The number of nitrogens with zero attached hydrogens (tertiary/aromatic N) is 3. The number of hydrogen-bond donors (Lipinski definition) is 2. The molecule has 3 rings (SSSR count). The van der Waals surface area contributed by atoms with Gasteiger partial charge in [0.05, 0.1) is 13.2 Å².